The molecule has 1 aliphatic heterocycles. The van der Waals surface area contributed by atoms with E-state index in [1.807, 2.05) is 18.2 Å². The monoisotopic (exact) mass is 220 g/mol. The molecule has 3 rings (SSSR count). The van der Waals surface area contributed by atoms with Crippen molar-refractivity contribution in [1.29, 1.82) is 0 Å². The maximum atomic E-state index is 5.63. The van der Waals surface area contributed by atoms with E-state index in [1.165, 1.54) is 11.3 Å². The van der Waals surface area contributed by atoms with E-state index < -0.39 is 0 Å². The molecule has 0 radical (unpaired) electrons. The van der Waals surface area contributed by atoms with E-state index in [-0.39, 0.29) is 0 Å². The highest BCUT2D eigenvalue weighted by Gasteiger charge is 2.14. The van der Waals surface area contributed by atoms with E-state index in [9.17, 15) is 0 Å². The maximum absolute atomic E-state index is 5.63. The number of thiazole rings is 1. The van der Waals surface area contributed by atoms with Crippen LogP contribution in [0.4, 0.5) is 5.00 Å². The zero-order valence-electron chi connectivity index (χ0n) is 7.77. The lowest BCUT2D eigenvalue weighted by molar-refractivity contribution is 0.174. The van der Waals surface area contributed by atoms with Crippen molar-refractivity contribution in [2.24, 2.45) is 0 Å². The smallest absolute Gasteiger partial charge is 0.231 e. The minimum Gasteiger partial charge on any atom is -0.454 e. The van der Waals surface area contributed by atoms with Crippen molar-refractivity contribution in [2.75, 3.05) is 12.5 Å². The van der Waals surface area contributed by atoms with Gasteiger partial charge in [-0.05, 0) is 18.2 Å². The summed E-state index contributed by atoms with van der Waals surface area (Å²) in [7, 11) is 0. The van der Waals surface area contributed by atoms with Gasteiger partial charge in [-0.15, -0.1) is 0 Å². The van der Waals surface area contributed by atoms with Gasteiger partial charge >= 0.3 is 0 Å². The van der Waals surface area contributed by atoms with Crippen LogP contribution in [0.3, 0.4) is 0 Å². The molecule has 4 nitrogen and oxygen atoms in total. The number of ether oxygens (including phenoxy) is 2. The van der Waals surface area contributed by atoms with Gasteiger partial charge in [-0.25, -0.2) is 4.98 Å². The van der Waals surface area contributed by atoms with Crippen LogP contribution in [0.5, 0.6) is 11.5 Å². The van der Waals surface area contributed by atoms with Gasteiger partial charge in [-0.3, -0.25) is 0 Å². The molecule has 0 saturated heterocycles. The number of benzene rings is 1. The van der Waals surface area contributed by atoms with Crippen molar-refractivity contribution < 1.29 is 9.47 Å². The number of fused-ring (bicyclic) bond motifs is 1. The van der Waals surface area contributed by atoms with Crippen LogP contribution in [0, 0.1) is 0 Å². The Morgan fingerprint density at radius 3 is 2.93 bits per heavy atom. The molecular weight excluding hydrogens is 212 g/mol. The number of hydrogen-bond donors (Lipinski definition) is 1. The Bertz CT molecular complexity index is 510. The highest BCUT2D eigenvalue weighted by molar-refractivity contribution is 7.18. The van der Waals surface area contributed by atoms with Crippen LogP contribution in [0.25, 0.3) is 10.6 Å². The van der Waals surface area contributed by atoms with Crippen molar-refractivity contribution in [2.45, 2.75) is 0 Å². The van der Waals surface area contributed by atoms with Crippen LogP contribution < -0.4 is 15.2 Å². The molecule has 5 heteroatoms. The Morgan fingerprint density at radius 1 is 1.27 bits per heavy atom. The lowest BCUT2D eigenvalue weighted by Gasteiger charge is -1.98. The molecule has 15 heavy (non-hydrogen) atoms. The zero-order chi connectivity index (χ0) is 10.3. The SMILES string of the molecule is Nc1cnc(-c2ccc3c(c2)OCO3)s1. The van der Waals surface area contributed by atoms with Crippen LogP contribution in [0.15, 0.2) is 24.4 Å². The lowest BCUT2D eigenvalue weighted by atomic mass is 10.2. The van der Waals surface area contributed by atoms with Crippen LogP contribution in [-0.4, -0.2) is 11.8 Å². The van der Waals surface area contributed by atoms with Gasteiger partial charge in [0.2, 0.25) is 6.79 Å². The number of aromatic nitrogens is 1. The van der Waals surface area contributed by atoms with Gasteiger partial charge in [0.25, 0.3) is 0 Å². The largest absolute Gasteiger partial charge is 0.454 e. The van der Waals surface area contributed by atoms with Crippen molar-refractivity contribution in [3.63, 3.8) is 0 Å². The van der Waals surface area contributed by atoms with Gasteiger partial charge in [0.1, 0.15) is 10.0 Å². The number of hydrogen-bond acceptors (Lipinski definition) is 5. The molecule has 2 aromatic rings. The van der Waals surface area contributed by atoms with E-state index in [0.29, 0.717) is 11.8 Å². The first-order valence-electron chi connectivity index (χ1n) is 4.44. The Morgan fingerprint density at radius 2 is 2.13 bits per heavy atom. The second-order valence-electron chi connectivity index (χ2n) is 3.14. The summed E-state index contributed by atoms with van der Waals surface area (Å²) in [5.41, 5.74) is 6.63. The number of nitrogens with zero attached hydrogens (tertiary/aromatic N) is 1. The van der Waals surface area contributed by atoms with E-state index in [4.69, 9.17) is 15.2 Å². The van der Waals surface area contributed by atoms with Crippen LogP contribution >= 0.6 is 11.3 Å². The Labute approximate surface area is 90.3 Å². The molecule has 0 atom stereocenters. The highest BCUT2D eigenvalue weighted by atomic mass is 32.1. The molecule has 2 heterocycles. The van der Waals surface area contributed by atoms with Gasteiger partial charge in [0.15, 0.2) is 11.5 Å². The van der Waals surface area contributed by atoms with Crippen LogP contribution in [0.2, 0.25) is 0 Å². The molecule has 0 amide bonds. The fraction of sp³-hybridized carbons (Fsp3) is 0.100. The highest BCUT2D eigenvalue weighted by Crippen LogP contribution is 2.37. The summed E-state index contributed by atoms with van der Waals surface area (Å²) in [5.74, 6) is 1.55. The normalized spacial score (nSPS) is 13.1. The third-order valence-electron chi connectivity index (χ3n) is 2.14. The van der Waals surface area contributed by atoms with Gasteiger partial charge < -0.3 is 15.2 Å². The fourth-order valence-electron chi connectivity index (χ4n) is 1.45. The van der Waals surface area contributed by atoms with Crippen LogP contribution in [-0.2, 0) is 0 Å². The summed E-state index contributed by atoms with van der Waals surface area (Å²) < 4.78 is 10.5. The first kappa shape index (κ1) is 8.55. The Kier molecular flexibility index (Phi) is 1.78. The molecule has 0 unspecified atom stereocenters. The number of rotatable bonds is 1. The van der Waals surface area contributed by atoms with E-state index in [1.54, 1.807) is 6.20 Å². The minimum atomic E-state index is 0.290. The Hall–Kier alpha value is -1.75. The molecule has 0 saturated carbocycles. The summed E-state index contributed by atoms with van der Waals surface area (Å²) in [6, 6.07) is 5.75. The lowest BCUT2D eigenvalue weighted by Crippen LogP contribution is -1.92. The molecular formula is C10H8N2O2S. The fourth-order valence-corrected chi connectivity index (χ4v) is 2.13. The summed E-state index contributed by atoms with van der Waals surface area (Å²) >= 11 is 1.46. The summed E-state index contributed by atoms with van der Waals surface area (Å²) in [5, 5.41) is 1.61. The van der Waals surface area contributed by atoms with Crippen molar-refractivity contribution in [1.82, 2.24) is 4.98 Å². The molecule has 76 valence electrons. The van der Waals surface area contributed by atoms with Crippen molar-refractivity contribution >= 4 is 16.3 Å². The Balaban J connectivity index is 2.06. The predicted octanol–water partition coefficient (Wildman–Crippen LogP) is 2.12. The van der Waals surface area contributed by atoms with Gasteiger partial charge in [0, 0.05) is 5.56 Å². The van der Waals surface area contributed by atoms with Crippen molar-refractivity contribution in [3.05, 3.63) is 24.4 Å². The number of anilines is 1. The molecule has 1 aliphatic rings. The van der Waals surface area contributed by atoms with E-state index >= 15 is 0 Å². The number of nitrogen functional groups attached to an aromatic ring is 1. The van der Waals surface area contributed by atoms with Gasteiger partial charge in [-0.2, -0.15) is 0 Å². The van der Waals surface area contributed by atoms with Gasteiger partial charge in [-0.1, -0.05) is 11.3 Å². The van der Waals surface area contributed by atoms with Gasteiger partial charge in [0.05, 0.1) is 6.20 Å². The third kappa shape index (κ3) is 1.41. The molecule has 0 aliphatic carbocycles. The average Bonchev–Trinajstić information content (AvgIpc) is 2.84. The maximum Gasteiger partial charge on any atom is 0.231 e. The van der Waals surface area contributed by atoms with E-state index in [0.717, 1.165) is 22.1 Å². The second kappa shape index (κ2) is 3.13. The van der Waals surface area contributed by atoms with E-state index in [2.05, 4.69) is 4.98 Å². The minimum absolute atomic E-state index is 0.290. The molecule has 0 spiro atoms. The quantitative estimate of drug-likeness (QED) is 0.799. The molecule has 0 fully saturated rings. The average molecular weight is 220 g/mol. The van der Waals surface area contributed by atoms with Crippen molar-refractivity contribution in [3.8, 4) is 22.1 Å². The molecule has 2 N–H and O–H groups in total. The molecule has 0 bridgehead atoms. The summed E-state index contributed by atoms with van der Waals surface area (Å²) in [4.78, 5) is 4.21. The molecule has 1 aromatic carbocycles. The second-order valence-corrected chi connectivity index (χ2v) is 4.20. The predicted molar refractivity (Wildman–Crippen MR) is 58.1 cm³/mol. The third-order valence-corrected chi connectivity index (χ3v) is 3.02. The topological polar surface area (TPSA) is 57.4 Å². The summed E-state index contributed by atoms with van der Waals surface area (Å²) in [6.45, 7) is 0.290. The van der Waals surface area contributed by atoms with Crippen LogP contribution in [0.1, 0.15) is 0 Å². The standard InChI is InChI=1S/C10H8N2O2S/c11-9-4-12-10(15-9)6-1-2-7-8(3-6)14-5-13-7/h1-4H,5,11H2. The first-order valence-corrected chi connectivity index (χ1v) is 5.26. The number of nitrogens with two attached hydrogens (primary N) is 1. The molecule has 1 aromatic heterocycles. The summed E-state index contributed by atoms with van der Waals surface area (Å²) in [6.07, 6.45) is 1.66. The first-order chi connectivity index (χ1) is 7.33. The zero-order valence-corrected chi connectivity index (χ0v) is 8.58.